The van der Waals surface area contributed by atoms with Gasteiger partial charge in [0.15, 0.2) is 0 Å². The van der Waals surface area contributed by atoms with Crippen molar-refractivity contribution < 1.29 is 41.0 Å². The summed E-state index contributed by atoms with van der Waals surface area (Å²) in [5.74, 6) is -1.26. The van der Waals surface area contributed by atoms with Crippen molar-refractivity contribution >= 4 is 43.4 Å². The monoisotopic (exact) mass is 547 g/mol. The molecule has 4 rings (SSSR count). The third-order valence-electron chi connectivity index (χ3n) is 5.75. The van der Waals surface area contributed by atoms with E-state index in [4.69, 9.17) is 4.74 Å². The number of ether oxygens (including phenoxy) is 1. The van der Waals surface area contributed by atoms with E-state index < -0.39 is 44.1 Å². The van der Waals surface area contributed by atoms with Crippen molar-refractivity contribution in [3.05, 3.63) is 52.5 Å². The van der Waals surface area contributed by atoms with Gasteiger partial charge in [-0.2, -0.15) is 13.2 Å². The highest BCUT2D eigenvalue weighted by Crippen LogP contribution is 2.46. The molecule has 12 heteroatoms. The Kier molecular flexibility index (Phi) is 5.72. The summed E-state index contributed by atoms with van der Waals surface area (Å²) < 4.78 is 73.7. The molecule has 1 saturated carbocycles. The fourth-order valence-corrected chi connectivity index (χ4v) is 5.99. The molecule has 2 aromatic carbocycles. The van der Waals surface area contributed by atoms with Crippen LogP contribution in [-0.4, -0.2) is 37.9 Å². The molecular formula is C21H17BrF3NO6S. The molecule has 33 heavy (non-hydrogen) atoms. The Morgan fingerprint density at radius 2 is 1.91 bits per heavy atom. The zero-order valence-corrected chi connectivity index (χ0v) is 19.2. The number of alkyl halides is 3. The molecule has 7 nitrogen and oxygen atoms in total. The molecule has 2 aliphatic rings. The van der Waals surface area contributed by atoms with Crippen LogP contribution in [0.1, 0.15) is 24.8 Å². The maximum Gasteiger partial charge on any atom is 0.416 e. The standard InChI is InChI=1S/C21H17BrF3NO6S/c22-13-4-5-18-17(7-13)26(11-15(32-18)10-20(19(28)29)8-14(27)9-20)33(30,31)16-3-1-2-12(6-16)21(23,24)25/h1-7,15H,8-11H2,(H,28,29). The van der Waals surface area contributed by atoms with Gasteiger partial charge in [-0.1, -0.05) is 22.0 Å². The predicted octanol–water partition coefficient (Wildman–Crippen LogP) is 4.25. The van der Waals surface area contributed by atoms with Gasteiger partial charge in [0.1, 0.15) is 17.6 Å². The molecule has 0 aromatic heterocycles. The summed E-state index contributed by atoms with van der Waals surface area (Å²) in [6, 6.07) is 7.94. The number of hydrogen-bond donors (Lipinski definition) is 1. The van der Waals surface area contributed by atoms with Crippen LogP contribution in [0, 0.1) is 5.41 Å². The number of nitrogens with zero attached hydrogens (tertiary/aromatic N) is 1. The number of ketones is 1. The van der Waals surface area contributed by atoms with Crippen molar-refractivity contribution in [3.63, 3.8) is 0 Å². The van der Waals surface area contributed by atoms with Crippen LogP contribution in [0.15, 0.2) is 51.8 Å². The first-order valence-electron chi connectivity index (χ1n) is 9.73. The summed E-state index contributed by atoms with van der Waals surface area (Å²) in [5.41, 5.74) is -2.37. The maximum atomic E-state index is 13.4. The van der Waals surface area contributed by atoms with Crippen molar-refractivity contribution in [2.45, 2.75) is 36.4 Å². The quantitative estimate of drug-likeness (QED) is 0.600. The lowest BCUT2D eigenvalue weighted by Crippen LogP contribution is -2.51. The van der Waals surface area contributed by atoms with Crippen molar-refractivity contribution in [1.82, 2.24) is 0 Å². The molecule has 2 aromatic rings. The SMILES string of the molecule is O=C1CC(CC2CN(S(=O)(=O)c3cccc(C(F)(F)F)c3)c3cc(Br)ccc3O2)(C(=O)O)C1. The van der Waals surface area contributed by atoms with E-state index in [2.05, 4.69) is 15.9 Å². The van der Waals surface area contributed by atoms with Gasteiger partial charge >= 0.3 is 12.1 Å². The van der Waals surface area contributed by atoms with E-state index >= 15 is 0 Å². The van der Waals surface area contributed by atoms with E-state index in [9.17, 15) is 36.3 Å². The minimum absolute atomic E-state index is 0.104. The third kappa shape index (κ3) is 4.33. The van der Waals surface area contributed by atoms with Crippen LogP contribution in [-0.2, 0) is 25.8 Å². The Balaban J connectivity index is 1.74. The van der Waals surface area contributed by atoms with Gasteiger partial charge in [-0.05, 0) is 36.4 Å². The highest BCUT2D eigenvalue weighted by molar-refractivity contribution is 9.10. The molecule has 0 bridgehead atoms. The van der Waals surface area contributed by atoms with Gasteiger partial charge in [0.2, 0.25) is 0 Å². The number of carboxylic acid groups (broad SMARTS) is 1. The zero-order chi connectivity index (χ0) is 24.2. The van der Waals surface area contributed by atoms with Crippen LogP contribution in [0.4, 0.5) is 18.9 Å². The number of aliphatic carboxylic acids is 1. The Morgan fingerprint density at radius 1 is 1.21 bits per heavy atom. The lowest BCUT2D eigenvalue weighted by molar-refractivity contribution is -0.163. The van der Waals surface area contributed by atoms with Crippen LogP contribution >= 0.6 is 15.9 Å². The summed E-state index contributed by atoms with van der Waals surface area (Å²) in [4.78, 5) is 22.7. The Labute approximate surface area is 195 Å². The largest absolute Gasteiger partial charge is 0.486 e. The Bertz CT molecular complexity index is 1240. The molecule has 1 N–H and O–H groups in total. The number of carboxylic acids is 1. The third-order valence-corrected chi connectivity index (χ3v) is 8.01. The molecular weight excluding hydrogens is 531 g/mol. The second-order valence-electron chi connectivity index (χ2n) is 8.10. The van der Waals surface area contributed by atoms with Crippen molar-refractivity contribution in [2.75, 3.05) is 10.8 Å². The van der Waals surface area contributed by atoms with Gasteiger partial charge in [-0.25, -0.2) is 8.42 Å². The van der Waals surface area contributed by atoms with Crippen LogP contribution in [0.3, 0.4) is 0 Å². The molecule has 0 amide bonds. The minimum Gasteiger partial charge on any atom is -0.486 e. The van der Waals surface area contributed by atoms with E-state index in [-0.39, 0.29) is 43.0 Å². The van der Waals surface area contributed by atoms with Gasteiger partial charge in [0.05, 0.1) is 28.1 Å². The smallest absolute Gasteiger partial charge is 0.416 e. The highest BCUT2D eigenvalue weighted by atomic mass is 79.9. The number of fused-ring (bicyclic) bond motifs is 1. The minimum atomic E-state index is -4.73. The number of rotatable bonds is 5. The normalized spacial score (nSPS) is 19.9. The van der Waals surface area contributed by atoms with Crippen LogP contribution in [0.5, 0.6) is 5.75 Å². The van der Waals surface area contributed by atoms with E-state index in [0.717, 1.165) is 22.5 Å². The van der Waals surface area contributed by atoms with Gasteiger partial charge in [0, 0.05) is 23.7 Å². The van der Waals surface area contributed by atoms with Crippen LogP contribution in [0.2, 0.25) is 0 Å². The van der Waals surface area contributed by atoms with Crippen LogP contribution < -0.4 is 9.04 Å². The first-order chi connectivity index (χ1) is 15.3. The zero-order valence-electron chi connectivity index (χ0n) is 16.8. The average molecular weight is 548 g/mol. The number of carbonyl (C=O) groups is 2. The van der Waals surface area contributed by atoms with Crippen molar-refractivity contribution in [2.24, 2.45) is 5.41 Å². The lowest BCUT2D eigenvalue weighted by Gasteiger charge is -2.42. The number of Topliss-reactive ketones (excluding diaryl/α,β-unsaturated/α-hetero) is 1. The van der Waals surface area contributed by atoms with Gasteiger partial charge in [0.25, 0.3) is 10.0 Å². The molecule has 1 unspecified atom stereocenters. The maximum absolute atomic E-state index is 13.4. The summed E-state index contributed by atoms with van der Waals surface area (Å²) in [5, 5.41) is 9.62. The molecule has 0 spiro atoms. The number of sulfonamides is 1. The van der Waals surface area contributed by atoms with Crippen molar-refractivity contribution in [1.29, 1.82) is 0 Å². The van der Waals surface area contributed by atoms with Gasteiger partial charge in [-0.15, -0.1) is 0 Å². The number of anilines is 1. The Morgan fingerprint density at radius 3 is 2.52 bits per heavy atom. The predicted molar refractivity (Wildman–Crippen MR) is 113 cm³/mol. The molecule has 1 atom stereocenters. The summed E-state index contributed by atoms with van der Waals surface area (Å²) in [6.45, 7) is -0.328. The van der Waals surface area contributed by atoms with E-state index in [0.29, 0.717) is 10.5 Å². The first kappa shape index (κ1) is 23.6. The van der Waals surface area contributed by atoms with Crippen molar-refractivity contribution in [3.8, 4) is 5.75 Å². The van der Waals surface area contributed by atoms with E-state index in [1.165, 1.54) is 12.1 Å². The number of hydrogen-bond acceptors (Lipinski definition) is 5. The number of carbonyl (C=O) groups excluding carboxylic acids is 1. The second-order valence-corrected chi connectivity index (χ2v) is 10.9. The molecule has 1 aliphatic carbocycles. The molecule has 1 heterocycles. The summed E-state index contributed by atoms with van der Waals surface area (Å²) in [6.07, 6.45) is -6.16. The van der Waals surface area contributed by atoms with Gasteiger partial charge in [-0.3, -0.25) is 13.9 Å². The summed E-state index contributed by atoms with van der Waals surface area (Å²) in [7, 11) is -4.47. The molecule has 0 radical (unpaired) electrons. The van der Waals surface area contributed by atoms with Crippen LogP contribution in [0.25, 0.3) is 0 Å². The van der Waals surface area contributed by atoms with Gasteiger partial charge < -0.3 is 9.84 Å². The molecule has 0 saturated heterocycles. The molecule has 176 valence electrons. The topological polar surface area (TPSA) is 101 Å². The average Bonchev–Trinajstić information content (AvgIpc) is 2.71. The second kappa shape index (κ2) is 8.01. The number of halogens is 4. The highest BCUT2D eigenvalue weighted by Gasteiger charge is 2.52. The lowest BCUT2D eigenvalue weighted by atomic mass is 9.64. The molecule has 1 aliphatic heterocycles. The van der Waals surface area contributed by atoms with E-state index in [1.807, 2.05) is 0 Å². The molecule has 1 fully saturated rings. The fraction of sp³-hybridized carbons (Fsp3) is 0.333. The summed E-state index contributed by atoms with van der Waals surface area (Å²) >= 11 is 3.25. The fourth-order valence-electron chi connectivity index (χ4n) is 4.10. The Hall–Kier alpha value is -2.60. The number of benzene rings is 2. The first-order valence-corrected chi connectivity index (χ1v) is 12.0. The van der Waals surface area contributed by atoms with E-state index in [1.54, 1.807) is 6.07 Å².